The molecule has 1 aromatic rings. The maximum atomic E-state index is 12.3. The number of carbonyl (C=O) groups is 1. The lowest BCUT2D eigenvalue weighted by Crippen LogP contribution is -2.40. The summed E-state index contributed by atoms with van der Waals surface area (Å²) in [6, 6.07) is 8.80. The number of rotatable bonds is 5. The van der Waals surface area contributed by atoms with Crippen LogP contribution in [0.15, 0.2) is 24.3 Å². The van der Waals surface area contributed by atoms with E-state index in [1.807, 2.05) is 19.9 Å². The molecule has 0 saturated heterocycles. The molecule has 0 radical (unpaired) electrons. The zero-order valence-electron chi connectivity index (χ0n) is 11.0. The Balaban J connectivity index is 2.93. The van der Waals surface area contributed by atoms with Gasteiger partial charge in [-0.15, -0.1) is 0 Å². The van der Waals surface area contributed by atoms with Crippen molar-refractivity contribution >= 4 is 5.91 Å². The van der Waals surface area contributed by atoms with Gasteiger partial charge in [-0.25, -0.2) is 0 Å². The van der Waals surface area contributed by atoms with Crippen molar-refractivity contribution in [1.29, 1.82) is 5.26 Å². The van der Waals surface area contributed by atoms with Crippen LogP contribution in [-0.2, 0) is 4.74 Å². The molecule has 4 heteroatoms. The Kier molecular flexibility index (Phi) is 5.34. The molecule has 1 rings (SSSR count). The molecule has 1 unspecified atom stereocenters. The average molecular weight is 246 g/mol. The highest BCUT2D eigenvalue weighted by Gasteiger charge is 2.19. The van der Waals surface area contributed by atoms with Crippen LogP contribution in [0.5, 0.6) is 0 Å². The molecule has 0 aliphatic heterocycles. The van der Waals surface area contributed by atoms with E-state index in [1.54, 1.807) is 36.3 Å². The maximum absolute atomic E-state index is 12.3. The van der Waals surface area contributed by atoms with Crippen molar-refractivity contribution in [2.24, 2.45) is 0 Å². The number of likely N-dealkylation sites (N-methyl/N-ethyl adjacent to an activating group) is 1. The van der Waals surface area contributed by atoms with E-state index in [0.29, 0.717) is 24.3 Å². The van der Waals surface area contributed by atoms with Gasteiger partial charge in [-0.1, -0.05) is 6.07 Å². The van der Waals surface area contributed by atoms with Crippen LogP contribution in [0.4, 0.5) is 0 Å². The Labute approximate surface area is 108 Å². The molecule has 0 N–H and O–H groups in total. The fourth-order valence-electron chi connectivity index (χ4n) is 1.87. The Morgan fingerprint density at radius 2 is 2.28 bits per heavy atom. The van der Waals surface area contributed by atoms with Gasteiger partial charge in [0.25, 0.3) is 5.91 Å². The van der Waals surface area contributed by atoms with E-state index in [1.165, 1.54) is 0 Å². The quantitative estimate of drug-likeness (QED) is 0.799. The number of nitrogens with zero attached hydrogens (tertiary/aromatic N) is 2. The van der Waals surface area contributed by atoms with E-state index in [-0.39, 0.29) is 11.9 Å². The molecule has 18 heavy (non-hydrogen) atoms. The molecule has 0 heterocycles. The first-order valence-corrected chi connectivity index (χ1v) is 5.94. The predicted octanol–water partition coefficient (Wildman–Crippen LogP) is 2.06. The molecule has 0 saturated carbocycles. The molecular formula is C14H18N2O2. The molecule has 1 atom stereocenters. The topological polar surface area (TPSA) is 53.3 Å². The summed E-state index contributed by atoms with van der Waals surface area (Å²) < 4.78 is 5.07. The van der Waals surface area contributed by atoms with Crippen LogP contribution in [0, 0.1) is 11.3 Å². The summed E-state index contributed by atoms with van der Waals surface area (Å²) in [5, 5.41) is 8.84. The summed E-state index contributed by atoms with van der Waals surface area (Å²) in [5.74, 6) is -0.0702. The molecule has 0 aromatic heterocycles. The zero-order valence-corrected chi connectivity index (χ0v) is 11.0. The molecule has 0 spiro atoms. The fourth-order valence-corrected chi connectivity index (χ4v) is 1.87. The first kappa shape index (κ1) is 14.2. The number of nitriles is 1. The first-order valence-electron chi connectivity index (χ1n) is 5.94. The zero-order chi connectivity index (χ0) is 13.5. The molecule has 0 aliphatic rings. The second kappa shape index (κ2) is 6.77. The Morgan fingerprint density at radius 1 is 1.56 bits per heavy atom. The van der Waals surface area contributed by atoms with E-state index >= 15 is 0 Å². The number of hydrogen-bond acceptors (Lipinski definition) is 3. The minimum absolute atomic E-state index is 0.0123. The monoisotopic (exact) mass is 246 g/mol. The average Bonchev–Trinajstić information content (AvgIpc) is 2.40. The largest absolute Gasteiger partial charge is 0.383 e. The Hall–Kier alpha value is -1.86. The molecule has 1 aromatic carbocycles. The van der Waals surface area contributed by atoms with Crippen molar-refractivity contribution in [3.63, 3.8) is 0 Å². The molecule has 96 valence electrons. The van der Waals surface area contributed by atoms with Gasteiger partial charge in [0.05, 0.1) is 24.3 Å². The summed E-state index contributed by atoms with van der Waals surface area (Å²) >= 11 is 0. The summed E-state index contributed by atoms with van der Waals surface area (Å²) in [6.07, 6.45) is 0. The molecule has 0 bridgehead atoms. The summed E-state index contributed by atoms with van der Waals surface area (Å²) in [5.41, 5.74) is 1.04. The highest BCUT2D eigenvalue weighted by molar-refractivity contribution is 5.94. The van der Waals surface area contributed by atoms with Gasteiger partial charge in [0.15, 0.2) is 0 Å². The van der Waals surface area contributed by atoms with Gasteiger partial charge in [-0.05, 0) is 32.0 Å². The van der Waals surface area contributed by atoms with E-state index < -0.39 is 0 Å². The van der Waals surface area contributed by atoms with Crippen LogP contribution in [0.3, 0.4) is 0 Å². The van der Waals surface area contributed by atoms with Gasteiger partial charge in [0, 0.05) is 19.2 Å². The fraction of sp³-hybridized carbons (Fsp3) is 0.429. The van der Waals surface area contributed by atoms with Crippen LogP contribution in [0.2, 0.25) is 0 Å². The van der Waals surface area contributed by atoms with Crippen LogP contribution in [0.1, 0.15) is 29.8 Å². The van der Waals surface area contributed by atoms with Gasteiger partial charge >= 0.3 is 0 Å². The van der Waals surface area contributed by atoms with Crippen LogP contribution < -0.4 is 0 Å². The molecule has 1 amide bonds. The van der Waals surface area contributed by atoms with Crippen molar-refractivity contribution in [3.05, 3.63) is 35.4 Å². The highest BCUT2D eigenvalue weighted by atomic mass is 16.5. The van der Waals surface area contributed by atoms with Gasteiger partial charge in [0.2, 0.25) is 0 Å². The van der Waals surface area contributed by atoms with Crippen molar-refractivity contribution in [2.45, 2.75) is 19.9 Å². The predicted molar refractivity (Wildman–Crippen MR) is 69.2 cm³/mol. The van der Waals surface area contributed by atoms with Crippen molar-refractivity contribution in [2.75, 3.05) is 20.3 Å². The van der Waals surface area contributed by atoms with Crippen molar-refractivity contribution in [1.82, 2.24) is 4.90 Å². The van der Waals surface area contributed by atoms with Crippen molar-refractivity contribution < 1.29 is 9.53 Å². The van der Waals surface area contributed by atoms with E-state index in [4.69, 9.17) is 10.00 Å². The third kappa shape index (κ3) is 3.31. The summed E-state index contributed by atoms with van der Waals surface area (Å²) in [4.78, 5) is 14.1. The third-order valence-electron chi connectivity index (χ3n) is 2.78. The first-order chi connectivity index (χ1) is 8.63. The van der Waals surface area contributed by atoms with Gasteiger partial charge in [0.1, 0.15) is 0 Å². The lowest BCUT2D eigenvalue weighted by molar-refractivity contribution is 0.0579. The van der Waals surface area contributed by atoms with E-state index in [9.17, 15) is 4.79 Å². The summed E-state index contributed by atoms with van der Waals surface area (Å²) in [6.45, 7) is 4.98. The van der Waals surface area contributed by atoms with Gasteiger partial charge in [-0.3, -0.25) is 4.79 Å². The standard InChI is InChI=1S/C14H18N2O2/c1-4-16(11(2)10-18-3)14(17)13-7-5-6-12(8-13)9-15/h5-8,11H,4,10H2,1-3H3. The van der Waals surface area contributed by atoms with Crippen LogP contribution in [-0.4, -0.2) is 37.1 Å². The third-order valence-corrected chi connectivity index (χ3v) is 2.78. The lowest BCUT2D eigenvalue weighted by Gasteiger charge is -2.27. The normalized spacial score (nSPS) is 11.7. The van der Waals surface area contributed by atoms with Crippen LogP contribution >= 0.6 is 0 Å². The number of ether oxygens (including phenoxy) is 1. The molecule has 0 fully saturated rings. The van der Waals surface area contributed by atoms with E-state index in [0.717, 1.165) is 0 Å². The minimum atomic E-state index is -0.0702. The molecule has 0 aliphatic carbocycles. The minimum Gasteiger partial charge on any atom is -0.383 e. The summed E-state index contributed by atoms with van der Waals surface area (Å²) in [7, 11) is 1.62. The number of methoxy groups -OCH3 is 1. The van der Waals surface area contributed by atoms with E-state index in [2.05, 4.69) is 0 Å². The van der Waals surface area contributed by atoms with Gasteiger partial charge in [-0.2, -0.15) is 5.26 Å². The number of hydrogen-bond donors (Lipinski definition) is 0. The number of amides is 1. The number of benzene rings is 1. The van der Waals surface area contributed by atoms with Crippen LogP contribution in [0.25, 0.3) is 0 Å². The SMILES string of the molecule is CCN(C(=O)c1cccc(C#N)c1)C(C)COC. The smallest absolute Gasteiger partial charge is 0.254 e. The Bertz CT molecular complexity index is 451. The van der Waals surface area contributed by atoms with Gasteiger partial charge < -0.3 is 9.64 Å². The maximum Gasteiger partial charge on any atom is 0.254 e. The molecule has 4 nitrogen and oxygen atoms in total. The van der Waals surface area contributed by atoms with Crippen molar-refractivity contribution in [3.8, 4) is 6.07 Å². The second-order valence-electron chi connectivity index (χ2n) is 4.09. The lowest BCUT2D eigenvalue weighted by atomic mass is 10.1. The molecular weight excluding hydrogens is 228 g/mol. The number of carbonyl (C=O) groups excluding carboxylic acids is 1. The Morgan fingerprint density at radius 3 is 2.83 bits per heavy atom. The highest BCUT2D eigenvalue weighted by Crippen LogP contribution is 2.10. The second-order valence-corrected chi connectivity index (χ2v) is 4.09.